The summed E-state index contributed by atoms with van der Waals surface area (Å²) in [5.41, 5.74) is 7.22. The van der Waals surface area contributed by atoms with E-state index in [9.17, 15) is 9.18 Å². The molecular formula is C17H18ClFN2O3. The van der Waals surface area contributed by atoms with Crippen molar-refractivity contribution in [2.45, 2.75) is 12.6 Å². The number of benzene rings is 2. The highest BCUT2D eigenvalue weighted by atomic mass is 35.5. The molecule has 7 heteroatoms. The predicted molar refractivity (Wildman–Crippen MR) is 91.3 cm³/mol. The lowest BCUT2D eigenvalue weighted by Crippen LogP contribution is -2.43. The molecule has 2 aromatic rings. The summed E-state index contributed by atoms with van der Waals surface area (Å²) in [5.74, 6) is 0.682. The second-order valence-electron chi connectivity index (χ2n) is 5.36. The van der Waals surface area contributed by atoms with Crippen LogP contribution in [0.25, 0.3) is 0 Å². The Bertz CT molecular complexity index is 724. The SMILES string of the molecule is CN1C(=O)[C@@H](N)COc2ccc(OCc3ccc(F)cc3)cc21.Cl. The Kier molecular flexibility index (Phi) is 5.64. The highest BCUT2D eigenvalue weighted by Crippen LogP contribution is 2.34. The van der Waals surface area contributed by atoms with Crippen molar-refractivity contribution < 1.29 is 18.7 Å². The normalized spacial score (nSPS) is 16.5. The van der Waals surface area contributed by atoms with Crippen LogP contribution >= 0.6 is 12.4 Å². The van der Waals surface area contributed by atoms with E-state index in [0.717, 1.165) is 5.56 Å². The largest absolute Gasteiger partial charge is 0.489 e. The average molecular weight is 353 g/mol. The fourth-order valence-corrected chi connectivity index (χ4v) is 2.34. The van der Waals surface area contributed by atoms with Crippen molar-refractivity contribution in [3.8, 4) is 11.5 Å². The molecule has 0 aliphatic carbocycles. The van der Waals surface area contributed by atoms with Gasteiger partial charge >= 0.3 is 0 Å². The molecule has 2 aromatic carbocycles. The van der Waals surface area contributed by atoms with Crippen LogP contribution in [-0.2, 0) is 11.4 Å². The summed E-state index contributed by atoms with van der Waals surface area (Å²) in [5, 5.41) is 0. The summed E-state index contributed by atoms with van der Waals surface area (Å²) >= 11 is 0. The Morgan fingerprint density at radius 2 is 2.00 bits per heavy atom. The van der Waals surface area contributed by atoms with Crippen molar-refractivity contribution in [2.75, 3.05) is 18.6 Å². The smallest absolute Gasteiger partial charge is 0.247 e. The Morgan fingerprint density at radius 1 is 1.29 bits per heavy atom. The third kappa shape index (κ3) is 3.77. The Balaban J connectivity index is 0.00000208. The number of anilines is 1. The van der Waals surface area contributed by atoms with E-state index >= 15 is 0 Å². The summed E-state index contributed by atoms with van der Waals surface area (Å²) in [6.45, 7) is 0.447. The number of rotatable bonds is 3. The molecule has 0 unspecified atom stereocenters. The van der Waals surface area contributed by atoms with Crippen LogP contribution in [0.15, 0.2) is 42.5 Å². The molecular weight excluding hydrogens is 335 g/mol. The first-order chi connectivity index (χ1) is 11.0. The zero-order valence-electron chi connectivity index (χ0n) is 13.1. The first-order valence-electron chi connectivity index (χ1n) is 7.22. The number of ether oxygens (including phenoxy) is 2. The average Bonchev–Trinajstić information content (AvgIpc) is 2.67. The monoisotopic (exact) mass is 352 g/mol. The van der Waals surface area contributed by atoms with Gasteiger partial charge < -0.3 is 20.1 Å². The second kappa shape index (κ2) is 7.51. The minimum Gasteiger partial charge on any atom is -0.489 e. The number of carbonyl (C=O) groups is 1. The van der Waals surface area contributed by atoms with Gasteiger partial charge in [0.25, 0.3) is 0 Å². The maximum atomic E-state index is 12.9. The van der Waals surface area contributed by atoms with E-state index in [1.807, 2.05) is 0 Å². The molecule has 2 N–H and O–H groups in total. The van der Waals surface area contributed by atoms with Crippen molar-refractivity contribution >= 4 is 24.0 Å². The lowest BCUT2D eigenvalue weighted by molar-refractivity contribution is -0.119. The van der Waals surface area contributed by atoms with E-state index in [2.05, 4.69) is 0 Å². The molecule has 0 radical (unpaired) electrons. The van der Waals surface area contributed by atoms with Gasteiger partial charge in [-0.05, 0) is 29.8 Å². The van der Waals surface area contributed by atoms with E-state index in [-0.39, 0.29) is 30.7 Å². The van der Waals surface area contributed by atoms with Gasteiger partial charge in [-0.25, -0.2) is 4.39 Å². The summed E-state index contributed by atoms with van der Waals surface area (Å²) in [7, 11) is 1.65. The molecule has 0 spiro atoms. The van der Waals surface area contributed by atoms with Crippen LogP contribution in [0.5, 0.6) is 11.5 Å². The molecule has 1 aliphatic heterocycles. The zero-order valence-corrected chi connectivity index (χ0v) is 13.9. The molecule has 128 valence electrons. The summed E-state index contributed by atoms with van der Waals surface area (Å²) in [4.78, 5) is 13.5. The van der Waals surface area contributed by atoms with Crippen molar-refractivity contribution in [3.63, 3.8) is 0 Å². The van der Waals surface area contributed by atoms with Crippen LogP contribution in [0.2, 0.25) is 0 Å². The number of nitrogens with zero attached hydrogens (tertiary/aromatic N) is 1. The molecule has 5 nitrogen and oxygen atoms in total. The molecule has 0 bridgehead atoms. The summed E-state index contributed by atoms with van der Waals surface area (Å²) < 4.78 is 24.1. The van der Waals surface area contributed by atoms with E-state index < -0.39 is 6.04 Å². The maximum absolute atomic E-state index is 12.9. The molecule has 0 saturated carbocycles. The van der Waals surface area contributed by atoms with Gasteiger partial charge in [-0.1, -0.05) is 12.1 Å². The standard InChI is InChI=1S/C17H17FN2O3.ClH/c1-20-15-8-13(22-9-11-2-4-12(18)5-3-11)6-7-16(15)23-10-14(19)17(20)21;/h2-8,14H,9-10,19H2,1H3;1H/t14-;/m0./s1. The Morgan fingerprint density at radius 3 is 2.71 bits per heavy atom. The van der Waals surface area contributed by atoms with E-state index in [4.69, 9.17) is 15.2 Å². The molecule has 0 fully saturated rings. The highest BCUT2D eigenvalue weighted by Gasteiger charge is 2.26. The van der Waals surface area contributed by atoms with Gasteiger partial charge in [0.05, 0.1) is 5.69 Å². The summed E-state index contributed by atoms with van der Waals surface area (Å²) in [6, 6.07) is 10.7. The molecule has 24 heavy (non-hydrogen) atoms. The third-order valence-corrected chi connectivity index (χ3v) is 3.68. The lowest BCUT2D eigenvalue weighted by Gasteiger charge is -2.18. The topological polar surface area (TPSA) is 64.8 Å². The number of amides is 1. The van der Waals surface area contributed by atoms with E-state index in [1.54, 1.807) is 37.4 Å². The molecule has 1 atom stereocenters. The van der Waals surface area contributed by atoms with Crippen molar-refractivity contribution in [1.29, 1.82) is 0 Å². The van der Waals surface area contributed by atoms with Crippen LogP contribution in [0, 0.1) is 5.82 Å². The van der Waals surface area contributed by atoms with Gasteiger partial charge in [-0.3, -0.25) is 4.79 Å². The minimum atomic E-state index is -0.684. The van der Waals surface area contributed by atoms with Crippen molar-refractivity contribution in [2.24, 2.45) is 5.73 Å². The number of hydrogen-bond donors (Lipinski definition) is 1. The maximum Gasteiger partial charge on any atom is 0.247 e. The zero-order chi connectivity index (χ0) is 16.4. The number of likely N-dealkylation sites (N-methyl/N-ethyl adjacent to an activating group) is 1. The molecule has 0 aromatic heterocycles. The van der Waals surface area contributed by atoms with Crippen LogP contribution < -0.4 is 20.1 Å². The van der Waals surface area contributed by atoms with Crippen molar-refractivity contribution in [1.82, 2.24) is 0 Å². The lowest BCUT2D eigenvalue weighted by atomic mass is 10.2. The van der Waals surface area contributed by atoms with Crippen LogP contribution in [-0.4, -0.2) is 25.6 Å². The second-order valence-corrected chi connectivity index (χ2v) is 5.36. The van der Waals surface area contributed by atoms with Gasteiger partial charge in [0.2, 0.25) is 5.91 Å². The Hall–Kier alpha value is -2.31. The fraction of sp³-hybridized carbons (Fsp3) is 0.235. The van der Waals surface area contributed by atoms with Gasteiger partial charge in [0, 0.05) is 13.1 Å². The van der Waals surface area contributed by atoms with Crippen LogP contribution in [0.3, 0.4) is 0 Å². The highest BCUT2D eigenvalue weighted by molar-refractivity contribution is 5.98. The fourth-order valence-electron chi connectivity index (χ4n) is 2.34. The Labute approximate surface area is 145 Å². The predicted octanol–water partition coefficient (Wildman–Crippen LogP) is 2.51. The van der Waals surface area contributed by atoms with Gasteiger partial charge in [-0.2, -0.15) is 0 Å². The third-order valence-electron chi connectivity index (χ3n) is 3.68. The van der Waals surface area contributed by atoms with Crippen LogP contribution in [0.1, 0.15) is 5.56 Å². The van der Waals surface area contributed by atoms with Gasteiger partial charge in [-0.15, -0.1) is 12.4 Å². The summed E-state index contributed by atoms with van der Waals surface area (Å²) in [6.07, 6.45) is 0. The molecule has 1 heterocycles. The van der Waals surface area contributed by atoms with Crippen LogP contribution in [0.4, 0.5) is 10.1 Å². The van der Waals surface area contributed by atoms with Gasteiger partial charge in [0.1, 0.15) is 36.6 Å². The number of fused-ring (bicyclic) bond motifs is 1. The number of nitrogens with two attached hydrogens (primary N) is 1. The first kappa shape index (κ1) is 18.0. The number of carbonyl (C=O) groups excluding carboxylic acids is 1. The van der Waals surface area contributed by atoms with E-state index in [1.165, 1.54) is 17.0 Å². The molecule has 3 rings (SSSR count). The van der Waals surface area contributed by atoms with Gasteiger partial charge in [0.15, 0.2) is 0 Å². The molecule has 0 saturated heterocycles. The number of hydrogen-bond acceptors (Lipinski definition) is 4. The van der Waals surface area contributed by atoms with E-state index in [0.29, 0.717) is 23.8 Å². The molecule has 1 amide bonds. The quantitative estimate of drug-likeness (QED) is 0.921. The minimum absolute atomic E-state index is 0. The molecule has 1 aliphatic rings. The number of halogens is 2. The first-order valence-corrected chi connectivity index (χ1v) is 7.22. The van der Waals surface area contributed by atoms with Crippen molar-refractivity contribution in [3.05, 3.63) is 53.8 Å².